The lowest BCUT2D eigenvalue weighted by Gasteiger charge is -2.29. The SMILES string of the molecule is COc1cccc(/C=C/CN2CCC(=C3c4ccccc4C=Cc4ccccc43)CC2)c1[N+](=O)[O-]. The van der Waals surface area contributed by atoms with Gasteiger partial charge in [-0.15, -0.1) is 0 Å². The summed E-state index contributed by atoms with van der Waals surface area (Å²) in [4.78, 5) is 13.5. The number of methoxy groups -OCH3 is 1. The summed E-state index contributed by atoms with van der Waals surface area (Å²) in [5.74, 6) is 0.282. The van der Waals surface area contributed by atoms with Crippen molar-refractivity contribution in [2.24, 2.45) is 0 Å². The van der Waals surface area contributed by atoms with Crippen LogP contribution in [0.25, 0.3) is 23.8 Å². The molecule has 0 radical (unpaired) electrons. The maximum Gasteiger partial charge on any atom is 0.318 e. The van der Waals surface area contributed by atoms with Gasteiger partial charge in [-0.05, 0) is 52.8 Å². The Hall–Kier alpha value is -3.96. The summed E-state index contributed by atoms with van der Waals surface area (Å²) >= 11 is 0. The molecule has 5 nitrogen and oxygen atoms in total. The molecule has 1 heterocycles. The Morgan fingerprint density at radius 3 is 2.14 bits per heavy atom. The fourth-order valence-corrected chi connectivity index (χ4v) is 5.06. The zero-order chi connectivity index (χ0) is 24.2. The molecule has 0 bridgehead atoms. The van der Waals surface area contributed by atoms with Crippen molar-refractivity contribution >= 4 is 29.5 Å². The van der Waals surface area contributed by atoms with Crippen molar-refractivity contribution in [2.75, 3.05) is 26.7 Å². The van der Waals surface area contributed by atoms with Gasteiger partial charge in [-0.3, -0.25) is 15.0 Å². The molecule has 1 saturated heterocycles. The predicted octanol–water partition coefficient (Wildman–Crippen LogP) is 6.70. The molecule has 3 aromatic carbocycles. The normalized spacial score (nSPS) is 15.6. The standard InChI is InChI=1S/C30H28N2O3/c1-35-28-14-6-10-25(30(28)32(33)34)11-7-19-31-20-17-24(18-21-31)29-26-12-4-2-8-22(26)15-16-23-9-3-5-13-27(23)29/h2-16H,17-21H2,1H3/b11-7+. The second kappa shape index (κ2) is 10.1. The second-order valence-electron chi connectivity index (χ2n) is 8.84. The topological polar surface area (TPSA) is 55.6 Å². The highest BCUT2D eigenvalue weighted by atomic mass is 16.6. The van der Waals surface area contributed by atoms with Gasteiger partial charge >= 0.3 is 5.69 Å². The minimum absolute atomic E-state index is 0.0104. The third-order valence-electron chi connectivity index (χ3n) is 6.81. The molecule has 35 heavy (non-hydrogen) atoms. The molecule has 5 rings (SSSR count). The first-order valence-corrected chi connectivity index (χ1v) is 11.9. The molecule has 0 aromatic heterocycles. The lowest BCUT2D eigenvalue weighted by molar-refractivity contribution is -0.386. The first-order chi connectivity index (χ1) is 17.2. The van der Waals surface area contributed by atoms with E-state index in [1.165, 1.54) is 40.5 Å². The first-order valence-electron chi connectivity index (χ1n) is 11.9. The highest BCUT2D eigenvalue weighted by Gasteiger charge is 2.22. The van der Waals surface area contributed by atoms with Crippen LogP contribution in [0.3, 0.4) is 0 Å². The summed E-state index contributed by atoms with van der Waals surface area (Å²) < 4.78 is 5.18. The van der Waals surface area contributed by atoms with Crippen LogP contribution in [0, 0.1) is 10.1 Å². The van der Waals surface area contributed by atoms with E-state index in [1.807, 2.05) is 12.2 Å². The number of hydrogen-bond acceptors (Lipinski definition) is 4. The molecule has 2 aliphatic rings. The van der Waals surface area contributed by atoms with Gasteiger partial charge in [0.2, 0.25) is 0 Å². The molecule has 0 atom stereocenters. The van der Waals surface area contributed by atoms with Gasteiger partial charge in [0, 0.05) is 19.6 Å². The van der Waals surface area contributed by atoms with Crippen LogP contribution in [0.4, 0.5) is 5.69 Å². The first kappa shape index (κ1) is 22.8. The van der Waals surface area contributed by atoms with Crippen LogP contribution in [-0.4, -0.2) is 36.6 Å². The van der Waals surface area contributed by atoms with Crippen LogP contribution in [0.1, 0.15) is 40.7 Å². The molecule has 3 aromatic rings. The van der Waals surface area contributed by atoms with Gasteiger partial charge in [-0.1, -0.05) is 84.5 Å². The monoisotopic (exact) mass is 464 g/mol. The summed E-state index contributed by atoms with van der Waals surface area (Å²) in [6, 6.07) is 22.5. The minimum Gasteiger partial charge on any atom is -0.490 e. The van der Waals surface area contributed by atoms with Crippen LogP contribution in [-0.2, 0) is 0 Å². The molecule has 0 saturated carbocycles. The summed E-state index contributed by atoms with van der Waals surface area (Å²) in [5, 5.41) is 11.5. The van der Waals surface area contributed by atoms with E-state index in [-0.39, 0.29) is 16.4 Å². The number of likely N-dealkylation sites (tertiary alicyclic amines) is 1. The lowest BCUT2D eigenvalue weighted by atomic mass is 9.86. The van der Waals surface area contributed by atoms with Gasteiger partial charge in [-0.2, -0.15) is 0 Å². The maximum atomic E-state index is 11.5. The molecular formula is C30H28N2O3. The van der Waals surface area contributed by atoms with Gasteiger partial charge in [0.1, 0.15) is 0 Å². The molecule has 1 aliphatic heterocycles. The Labute approximate surface area is 205 Å². The van der Waals surface area contributed by atoms with E-state index in [9.17, 15) is 10.1 Å². The number of nitro benzene ring substituents is 1. The summed E-state index contributed by atoms with van der Waals surface area (Å²) in [5.41, 5.74) is 8.59. The van der Waals surface area contributed by atoms with E-state index >= 15 is 0 Å². The van der Waals surface area contributed by atoms with Crippen LogP contribution in [0.15, 0.2) is 78.4 Å². The fourth-order valence-electron chi connectivity index (χ4n) is 5.06. The Kier molecular flexibility index (Phi) is 6.59. The zero-order valence-corrected chi connectivity index (χ0v) is 19.8. The highest BCUT2D eigenvalue weighted by molar-refractivity contribution is 5.94. The van der Waals surface area contributed by atoms with E-state index in [4.69, 9.17) is 4.74 Å². The van der Waals surface area contributed by atoms with E-state index in [0.29, 0.717) is 5.56 Å². The van der Waals surface area contributed by atoms with Crippen LogP contribution < -0.4 is 4.74 Å². The fraction of sp³-hybridized carbons (Fsp3) is 0.200. The molecule has 1 fully saturated rings. The minimum atomic E-state index is -0.380. The number of hydrogen-bond donors (Lipinski definition) is 0. The van der Waals surface area contributed by atoms with Gasteiger partial charge in [0.15, 0.2) is 5.75 Å². The van der Waals surface area contributed by atoms with Crippen LogP contribution in [0.5, 0.6) is 5.75 Å². The molecular weight excluding hydrogens is 436 g/mol. The smallest absolute Gasteiger partial charge is 0.318 e. The van der Waals surface area contributed by atoms with Crippen molar-refractivity contribution in [3.05, 3.63) is 116 Å². The van der Waals surface area contributed by atoms with E-state index in [2.05, 4.69) is 65.6 Å². The average Bonchev–Trinajstić information content (AvgIpc) is 3.06. The zero-order valence-electron chi connectivity index (χ0n) is 19.8. The lowest BCUT2D eigenvalue weighted by Crippen LogP contribution is -2.31. The van der Waals surface area contributed by atoms with Crippen LogP contribution in [0.2, 0.25) is 0 Å². The maximum absolute atomic E-state index is 11.5. The number of piperidine rings is 1. The Morgan fingerprint density at radius 1 is 0.914 bits per heavy atom. The van der Waals surface area contributed by atoms with Crippen molar-refractivity contribution in [1.82, 2.24) is 4.90 Å². The van der Waals surface area contributed by atoms with E-state index in [0.717, 1.165) is 32.5 Å². The Bertz CT molecular complexity index is 1290. The van der Waals surface area contributed by atoms with Gasteiger partial charge in [-0.25, -0.2) is 0 Å². The van der Waals surface area contributed by atoms with Gasteiger partial charge in [0.05, 0.1) is 17.6 Å². The van der Waals surface area contributed by atoms with Crippen molar-refractivity contribution < 1.29 is 9.66 Å². The molecule has 5 heteroatoms. The van der Waals surface area contributed by atoms with Crippen molar-refractivity contribution in [3.63, 3.8) is 0 Å². The Balaban J connectivity index is 1.35. The van der Waals surface area contributed by atoms with Gasteiger partial charge in [0.25, 0.3) is 0 Å². The van der Waals surface area contributed by atoms with Crippen molar-refractivity contribution in [2.45, 2.75) is 12.8 Å². The van der Waals surface area contributed by atoms with Crippen molar-refractivity contribution in [3.8, 4) is 5.75 Å². The van der Waals surface area contributed by atoms with Gasteiger partial charge < -0.3 is 4.74 Å². The largest absolute Gasteiger partial charge is 0.490 e. The third-order valence-corrected chi connectivity index (χ3v) is 6.81. The number of rotatable bonds is 5. The number of ether oxygens (including phenoxy) is 1. The summed E-state index contributed by atoms with van der Waals surface area (Å²) in [6.07, 6.45) is 10.3. The number of benzene rings is 3. The molecule has 176 valence electrons. The molecule has 1 aliphatic carbocycles. The average molecular weight is 465 g/mol. The van der Waals surface area contributed by atoms with Crippen molar-refractivity contribution in [1.29, 1.82) is 0 Å². The quantitative estimate of drug-likeness (QED) is 0.244. The third kappa shape index (κ3) is 4.68. The number of para-hydroxylation sites is 1. The molecule has 0 unspecified atom stereocenters. The summed E-state index contributed by atoms with van der Waals surface area (Å²) in [7, 11) is 1.46. The molecule has 0 amide bonds. The van der Waals surface area contributed by atoms with E-state index < -0.39 is 0 Å². The van der Waals surface area contributed by atoms with Crippen LogP contribution >= 0.6 is 0 Å². The molecule has 0 spiro atoms. The van der Waals surface area contributed by atoms with E-state index in [1.54, 1.807) is 18.2 Å². The second-order valence-corrected chi connectivity index (χ2v) is 8.84. The number of nitro groups is 1. The highest BCUT2D eigenvalue weighted by Crippen LogP contribution is 2.38. The molecule has 0 N–H and O–H groups in total. The summed E-state index contributed by atoms with van der Waals surface area (Å²) in [6.45, 7) is 2.67. The predicted molar refractivity (Wildman–Crippen MR) is 142 cm³/mol. The Morgan fingerprint density at radius 2 is 1.54 bits per heavy atom. The number of fused-ring (bicyclic) bond motifs is 2. The number of nitrogens with zero attached hydrogens (tertiary/aromatic N) is 2.